The van der Waals surface area contributed by atoms with Crippen molar-refractivity contribution in [2.75, 3.05) is 11.1 Å². The largest absolute Gasteiger partial charge is 0.319 e. The van der Waals surface area contributed by atoms with E-state index in [1.165, 1.54) is 17.3 Å². The van der Waals surface area contributed by atoms with Crippen LogP contribution in [0.3, 0.4) is 0 Å². The third kappa shape index (κ3) is 4.51. The third-order valence-corrected chi connectivity index (χ3v) is 5.66. The van der Waals surface area contributed by atoms with Gasteiger partial charge in [0.1, 0.15) is 5.82 Å². The van der Waals surface area contributed by atoms with Crippen molar-refractivity contribution in [1.29, 1.82) is 0 Å². The van der Waals surface area contributed by atoms with E-state index in [9.17, 15) is 4.79 Å². The highest BCUT2D eigenvalue weighted by Crippen LogP contribution is 2.25. The van der Waals surface area contributed by atoms with E-state index in [-0.39, 0.29) is 5.91 Å². The van der Waals surface area contributed by atoms with E-state index in [1.807, 2.05) is 44.3 Å². The Labute approximate surface area is 173 Å². The zero-order valence-electron chi connectivity index (χ0n) is 16.5. The molecule has 29 heavy (non-hydrogen) atoms. The first-order valence-electron chi connectivity index (χ1n) is 9.52. The van der Waals surface area contributed by atoms with Crippen LogP contribution < -0.4 is 5.32 Å². The van der Waals surface area contributed by atoms with Gasteiger partial charge in [0.05, 0.1) is 22.5 Å². The number of nitrogens with one attached hydrogen (secondary N) is 1. The summed E-state index contributed by atoms with van der Waals surface area (Å²) in [5.41, 5.74) is 4.20. The number of amides is 1. The molecule has 7 heteroatoms. The lowest BCUT2D eigenvalue weighted by atomic mass is 10.1. The molecule has 2 heterocycles. The van der Waals surface area contributed by atoms with Crippen LogP contribution in [0.15, 0.2) is 65.8 Å². The van der Waals surface area contributed by atoms with Crippen molar-refractivity contribution in [3.8, 4) is 0 Å². The number of hydrogen-bond donors (Lipinski definition) is 1. The zero-order valence-corrected chi connectivity index (χ0v) is 17.3. The Morgan fingerprint density at radius 1 is 1.10 bits per heavy atom. The molecule has 0 unspecified atom stereocenters. The molecule has 0 saturated heterocycles. The van der Waals surface area contributed by atoms with Crippen LogP contribution in [0, 0.1) is 6.92 Å². The van der Waals surface area contributed by atoms with Crippen LogP contribution in [0.5, 0.6) is 0 Å². The van der Waals surface area contributed by atoms with Gasteiger partial charge in [-0.15, -0.1) is 0 Å². The van der Waals surface area contributed by atoms with Gasteiger partial charge < -0.3 is 9.88 Å². The van der Waals surface area contributed by atoms with Gasteiger partial charge in [0.15, 0.2) is 5.16 Å². The number of rotatable bonds is 7. The Morgan fingerprint density at radius 2 is 1.86 bits per heavy atom. The Balaban J connectivity index is 1.49. The average Bonchev–Trinajstić information content (AvgIpc) is 3.24. The summed E-state index contributed by atoms with van der Waals surface area (Å²) >= 11 is 1.46. The van der Waals surface area contributed by atoms with Gasteiger partial charge in [0.2, 0.25) is 5.91 Å². The van der Waals surface area contributed by atoms with E-state index in [0.29, 0.717) is 11.6 Å². The molecular weight excluding hydrogens is 382 g/mol. The SMILES string of the molecule is Cc1cc(NC(=O)CSc2nc3ccccc3n2CCc2ccccc2)n(C)n1. The van der Waals surface area contributed by atoms with E-state index in [4.69, 9.17) is 4.98 Å². The maximum absolute atomic E-state index is 12.4. The summed E-state index contributed by atoms with van der Waals surface area (Å²) in [6.45, 7) is 2.72. The smallest absolute Gasteiger partial charge is 0.235 e. The second-order valence-corrected chi connectivity index (χ2v) is 7.84. The summed E-state index contributed by atoms with van der Waals surface area (Å²) in [5.74, 6) is 0.921. The second kappa shape index (κ2) is 8.53. The lowest BCUT2D eigenvalue weighted by Crippen LogP contribution is -2.17. The molecule has 4 rings (SSSR count). The van der Waals surface area contributed by atoms with Crippen molar-refractivity contribution in [2.24, 2.45) is 7.05 Å². The fourth-order valence-corrected chi connectivity index (χ4v) is 4.14. The van der Waals surface area contributed by atoms with Crippen LogP contribution in [-0.2, 0) is 24.8 Å². The predicted octanol–water partition coefficient (Wildman–Crippen LogP) is 4.05. The Morgan fingerprint density at radius 3 is 2.62 bits per heavy atom. The van der Waals surface area contributed by atoms with E-state index in [1.54, 1.807) is 4.68 Å². The highest BCUT2D eigenvalue weighted by molar-refractivity contribution is 7.99. The number of nitrogens with zero attached hydrogens (tertiary/aromatic N) is 4. The molecule has 0 atom stereocenters. The van der Waals surface area contributed by atoms with Gasteiger partial charge in [-0.05, 0) is 31.0 Å². The molecule has 0 spiro atoms. The summed E-state index contributed by atoms with van der Waals surface area (Å²) in [6.07, 6.45) is 0.912. The van der Waals surface area contributed by atoms with Crippen molar-refractivity contribution < 1.29 is 4.79 Å². The summed E-state index contributed by atoms with van der Waals surface area (Å²) in [5, 5.41) is 8.03. The van der Waals surface area contributed by atoms with Crippen LogP contribution in [-0.4, -0.2) is 31.0 Å². The van der Waals surface area contributed by atoms with Gasteiger partial charge in [-0.25, -0.2) is 4.98 Å². The molecule has 6 nitrogen and oxygen atoms in total. The third-order valence-electron chi connectivity index (χ3n) is 4.69. The minimum Gasteiger partial charge on any atom is -0.319 e. The van der Waals surface area contributed by atoms with Crippen LogP contribution >= 0.6 is 11.8 Å². The summed E-state index contributed by atoms with van der Waals surface area (Å²) in [7, 11) is 1.82. The van der Waals surface area contributed by atoms with Gasteiger partial charge in [-0.1, -0.05) is 54.2 Å². The van der Waals surface area contributed by atoms with Crippen molar-refractivity contribution in [3.05, 3.63) is 71.9 Å². The molecule has 0 fully saturated rings. The van der Waals surface area contributed by atoms with Gasteiger partial charge in [-0.3, -0.25) is 9.48 Å². The van der Waals surface area contributed by atoms with Crippen molar-refractivity contribution in [3.63, 3.8) is 0 Å². The number of aryl methyl sites for hydroxylation is 4. The van der Waals surface area contributed by atoms with E-state index in [0.717, 1.165) is 34.8 Å². The standard InChI is InChI=1S/C22H23N5OS/c1-16-14-20(26(2)25-16)24-21(28)15-29-22-23-18-10-6-7-11-19(18)27(22)13-12-17-8-4-3-5-9-17/h3-11,14H,12-13,15H2,1-2H3,(H,24,28). The normalized spacial score (nSPS) is 11.1. The molecule has 2 aromatic carbocycles. The minimum atomic E-state index is -0.0698. The van der Waals surface area contributed by atoms with Gasteiger partial charge in [0, 0.05) is 19.7 Å². The topological polar surface area (TPSA) is 64.7 Å². The molecule has 1 N–H and O–H groups in total. The van der Waals surface area contributed by atoms with Gasteiger partial charge in [0.25, 0.3) is 0 Å². The molecule has 0 bridgehead atoms. The first-order chi connectivity index (χ1) is 14.1. The number of fused-ring (bicyclic) bond motifs is 1. The fraction of sp³-hybridized carbons (Fsp3) is 0.227. The van der Waals surface area contributed by atoms with E-state index in [2.05, 4.69) is 45.3 Å². The van der Waals surface area contributed by atoms with Gasteiger partial charge >= 0.3 is 0 Å². The Kier molecular flexibility index (Phi) is 5.67. The van der Waals surface area contributed by atoms with Crippen LogP contribution in [0.1, 0.15) is 11.3 Å². The zero-order chi connectivity index (χ0) is 20.2. The molecule has 0 aliphatic carbocycles. The molecule has 0 radical (unpaired) electrons. The maximum Gasteiger partial charge on any atom is 0.235 e. The van der Waals surface area contributed by atoms with Crippen molar-refractivity contribution >= 4 is 34.5 Å². The lowest BCUT2D eigenvalue weighted by Gasteiger charge is -2.09. The monoisotopic (exact) mass is 405 g/mol. The number of benzene rings is 2. The number of carbonyl (C=O) groups is 1. The first kappa shape index (κ1) is 19.3. The quantitative estimate of drug-likeness (QED) is 0.471. The highest BCUT2D eigenvalue weighted by atomic mass is 32.2. The number of thioether (sulfide) groups is 1. The van der Waals surface area contributed by atoms with E-state index < -0.39 is 0 Å². The molecule has 1 amide bonds. The van der Waals surface area contributed by atoms with Gasteiger partial charge in [-0.2, -0.15) is 5.10 Å². The summed E-state index contributed by atoms with van der Waals surface area (Å²) < 4.78 is 3.88. The molecule has 2 aromatic heterocycles. The number of hydrogen-bond acceptors (Lipinski definition) is 4. The molecule has 0 aliphatic rings. The molecule has 4 aromatic rings. The Hall–Kier alpha value is -3.06. The highest BCUT2D eigenvalue weighted by Gasteiger charge is 2.14. The first-order valence-corrected chi connectivity index (χ1v) is 10.5. The van der Waals surface area contributed by atoms with Crippen molar-refractivity contribution in [2.45, 2.75) is 25.0 Å². The predicted molar refractivity (Wildman–Crippen MR) is 117 cm³/mol. The van der Waals surface area contributed by atoms with Crippen LogP contribution in [0.4, 0.5) is 5.82 Å². The summed E-state index contributed by atoms with van der Waals surface area (Å²) in [6, 6.07) is 20.4. The van der Waals surface area contributed by atoms with Crippen LogP contribution in [0.25, 0.3) is 11.0 Å². The maximum atomic E-state index is 12.4. The van der Waals surface area contributed by atoms with E-state index >= 15 is 0 Å². The number of carbonyl (C=O) groups excluding carboxylic acids is 1. The van der Waals surface area contributed by atoms with Crippen LogP contribution in [0.2, 0.25) is 0 Å². The Bertz CT molecular complexity index is 1130. The molecule has 0 saturated carbocycles. The second-order valence-electron chi connectivity index (χ2n) is 6.90. The molecular formula is C22H23N5OS. The molecule has 0 aliphatic heterocycles. The average molecular weight is 406 g/mol. The summed E-state index contributed by atoms with van der Waals surface area (Å²) in [4.78, 5) is 17.2. The fourth-order valence-electron chi connectivity index (χ4n) is 3.30. The number of anilines is 1. The number of para-hydroxylation sites is 2. The molecule has 148 valence electrons. The number of aromatic nitrogens is 4. The van der Waals surface area contributed by atoms with Crippen molar-refractivity contribution in [1.82, 2.24) is 19.3 Å². The number of imidazole rings is 1. The minimum absolute atomic E-state index is 0.0698. The lowest BCUT2D eigenvalue weighted by molar-refractivity contribution is -0.113.